The molecule has 154 valence electrons. The van der Waals surface area contributed by atoms with Crippen molar-refractivity contribution in [2.45, 2.75) is 0 Å². The Hall–Kier alpha value is -3.38. The van der Waals surface area contributed by atoms with Gasteiger partial charge in [0.05, 0.1) is 46.2 Å². The first-order valence-electron chi connectivity index (χ1n) is 8.92. The van der Waals surface area contributed by atoms with E-state index in [0.29, 0.717) is 37.9 Å². The van der Waals surface area contributed by atoms with Gasteiger partial charge in [0.1, 0.15) is 0 Å². The monoisotopic (exact) mass is 474 g/mol. The van der Waals surface area contributed by atoms with E-state index in [-0.39, 0.29) is 11.0 Å². The number of rotatable bonds is 5. The van der Waals surface area contributed by atoms with Crippen molar-refractivity contribution in [3.63, 3.8) is 0 Å². The third-order valence-electron chi connectivity index (χ3n) is 4.55. The van der Waals surface area contributed by atoms with E-state index in [1.165, 1.54) is 0 Å². The summed E-state index contributed by atoms with van der Waals surface area (Å²) in [5.74, 6) is 0.895. The highest BCUT2D eigenvalue weighted by molar-refractivity contribution is 9.10. The predicted octanol–water partition coefficient (Wildman–Crippen LogP) is 3.79. The Balaban J connectivity index is 1.87. The summed E-state index contributed by atoms with van der Waals surface area (Å²) in [6, 6.07) is 9.58. The lowest BCUT2D eigenvalue weighted by Gasteiger charge is -2.29. The van der Waals surface area contributed by atoms with E-state index < -0.39 is 21.2 Å². The van der Waals surface area contributed by atoms with Crippen LogP contribution in [-0.2, 0) is 4.74 Å². The van der Waals surface area contributed by atoms with Gasteiger partial charge in [-0.3, -0.25) is 20.2 Å². The highest BCUT2D eigenvalue weighted by Gasteiger charge is 2.27. The molecule has 1 N–H and O–H groups in total. The molecular weight excluding hydrogens is 460 g/mol. The Morgan fingerprint density at radius 1 is 0.967 bits per heavy atom. The summed E-state index contributed by atoms with van der Waals surface area (Å²) >= 11 is 3.38. The van der Waals surface area contributed by atoms with Crippen molar-refractivity contribution in [2.75, 3.05) is 36.5 Å². The highest BCUT2D eigenvalue weighted by atomic mass is 79.9. The van der Waals surface area contributed by atoms with Gasteiger partial charge in [-0.25, -0.2) is 9.97 Å². The van der Waals surface area contributed by atoms with Crippen LogP contribution in [0.5, 0.6) is 0 Å². The van der Waals surface area contributed by atoms with Crippen LogP contribution in [0.25, 0.3) is 11.0 Å². The van der Waals surface area contributed by atoms with Crippen molar-refractivity contribution in [1.29, 1.82) is 0 Å². The van der Waals surface area contributed by atoms with Crippen LogP contribution in [0, 0.1) is 20.2 Å². The number of hydrogen-bond acceptors (Lipinski definition) is 9. The van der Waals surface area contributed by atoms with E-state index in [2.05, 4.69) is 31.2 Å². The van der Waals surface area contributed by atoms with Gasteiger partial charge in [-0.1, -0.05) is 15.9 Å². The van der Waals surface area contributed by atoms with Gasteiger partial charge in [-0.2, -0.15) is 0 Å². The summed E-state index contributed by atoms with van der Waals surface area (Å²) in [4.78, 5) is 32.1. The van der Waals surface area contributed by atoms with Gasteiger partial charge in [-0.15, -0.1) is 0 Å². The normalized spacial score (nSPS) is 14.0. The van der Waals surface area contributed by atoms with Gasteiger partial charge in [0.15, 0.2) is 11.6 Å². The minimum absolute atomic E-state index is 0.184. The molecule has 0 unspecified atom stereocenters. The molecular formula is C18H15BrN6O5. The zero-order valence-electron chi connectivity index (χ0n) is 15.4. The van der Waals surface area contributed by atoms with Gasteiger partial charge < -0.3 is 15.0 Å². The van der Waals surface area contributed by atoms with Crippen LogP contribution in [0.3, 0.4) is 0 Å². The van der Waals surface area contributed by atoms with E-state index in [4.69, 9.17) is 4.74 Å². The topological polar surface area (TPSA) is 137 Å². The molecule has 0 bridgehead atoms. The standard InChI is InChI=1S/C18H15BrN6O5/c19-11-1-3-12(4-2-11)20-17-18(23-5-7-30-8-6-23)22-14-10-16(25(28)29)15(24(26)27)9-13(14)21-17/h1-4,9-10H,5-8H2,(H,20,21). The number of morpholine rings is 1. The van der Waals surface area contributed by atoms with E-state index in [9.17, 15) is 20.2 Å². The van der Waals surface area contributed by atoms with E-state index >= 15 is 0 Å². The third kappa shape index (κ3) is 4.00. The summed E-state index contributed by atoms with van der Waals surface area (Å²) in [5.41, 5.74) is -0.115. The van der Waals surface area contributed by atoms with Crippen molar-refractivity contribution in [1.82, 2.24) is 9.97 Å². The summed E-state index contributed by atoms with van der Waals surface area (Å²) < 4.78 is 6.30. The smallest absolute Gasteiger partial charge is 0.348 e. The first kappa shape index (κ1) is 19.9. The van der Waals surface area contributed by atoms with Crippen molar-refractivity contribution in [3.8, 4) is 0 Å². The van der Waals surface area contributed by atoms with Crippen LogP contribution >= 0.6 is 15.9 Å². The summed E-state index contributed by atoms with van der Waals surface area (Å²) in [7, 11) is 0. The molecule has 0 radical (unpaired) electrons. The van der Waals surface area contributed by atoms with E-state index in [0.717, 1.165) is 22.3 Å². The number of benzene rings is 2. The number of nitrogens with zero attached hydrogens (tertiary/aromatic N) is 5. The van der Waals surface area contributed by atoms with E-state index in [1.54, 1.807) is 0 Å². The molecule has 2 aromatic carbocycles. The average Bonchev–Trinajstić information content (AvgIpc) is 2.74. The number of ether oxygens (including phenoxy) is 1. The molecule has 0 amide bonds. The van der Waals surface area contributed by atoms with Gasteiger partial charge in [-0.05, 0) is 24.3 Å². The molecule has 1 aliphatic heterocycles. The summed E-state index contributed by atoms with van der Waals surface area (Å²) in [6.45, 7) is 2.17. The zero-order chi connectivity index (χ0) is 21.3. The fourth-order valence-electron chi connectivity index (χ4n) is 3.11. The van der Waals surface area contributed by atoms with Crippen LogP contribution in [0.15, 0.2) is 40.9 Å². The third-order valence-corrected chi connectivity index (χ3v) is 5.08. The van der Waals surface area contributed by atoms with Crippen LogP contribution < -0.4 is 10.2 Å². The van der Waals surface area contributed by atoms with Crippen molar-refractivity contribution in [3.05, 3.63) is 61.1 Å². The fourth-order valence-corrected chi connectivity index (χ4v) is 3.38. The first-order chi connectivity index (χ1) is 14.4. The van der Waals surface area contributed by atoms with Crippen LogP contribution in [0.4, 0.5) is 28.7 Å². The zero-order valence-corrected chi connectivity index (χ0v) is 17.0. The fraction of sp³-hybridized carbons (Fsp3) is 0.222. The van der Waals surface area contributed by atoms with Crippen molar-refractivity contribution < 1.29 is 14.6 Å². The molecule has 1 fully saturated rings. The minimum atomic E-state index is -0.795. The second kappa shape index (κ2) is 8.16. The molecule has 0 atom stereocenters. The number of halogens is 1. The molecule has 11 nitrogen and oxygen atoms in total. The number of aromatic nitrogens is 2. The number of nitro benzene ring substituents is 2. The molecule has 3 aromatic rings. The quantitative estimate of drug-likeness (QED) is 0.432. The summed E-state index contributed by atoms with van der Waals surface area (Å²) in [6.07, 6.45) is 0. The Labute approximate surface area is 178 Å². The van der Waals surface area contributed by atoms with Crippen LogP contribution in [0.2, 0.25) is 0 Å². The first-order valence-corrected chi connectivity index (χ1v) is 9.71. The number of nitrogens with one attached hydrogen (secondary N) is 1. The van der Waals surface area contributed by atoms with Gasteiger partial charge >= 0.3 is 11.4 Å². The van der Waals surface area contributed by atoms with E-state index in [1.807, 2.05) is 29.2 Å². The lowest BCUT2D eigenvalue weighted by atomic mass is 10.2. The molecule has 1 aliphatic rings. The van der Waals surface area contributed by atoms with Crippen LogP contribution in [0.1, 0.15) is 0 Å². The maximum absolute atomic E-state index is 11.3. The number of fused-ring (bicyclic) bond motifs is 1. The lowest BCUT2D eigenvalue weighted by molar-refractivity contribution is -0.422. The number of hydrogen-bond donors (Lipinski definition) is 1. The molecule has 30 heavy (non-hydrogen) atoms. The maximum atomic E-state index is 11.3. The van der Waals surface area contributed by atoms with Gasteiger partial charge in [0.25, 0.3) is 0 Å². The molecule has 12 heteroatoms. The summed E-state index contributed by atoms with van der Waals surface area (Å²) in [5, 5.41) is 25.8. The number of nitro groups is 2. The Bertz CT molecular complexity index is 1130. The van der Waals surface area contributed by atoms with Gasteiger partial charge in [0, 0.05) is 23.2 Å². The average molecular weight is 475 g/mol. The van der Waals surface area contributed by atoms with Gasteiger partial charge in [0.2, 0.25) is 0 Å². The molecule has 2 heterocycles. The lowest BCUT2D eigenvalue weighted by Crippen LogP contribution is -2.37. The Morgan fingerprint density at radius 2 is 1.53 bits per heavy atom. The predicted molar refractivity (Wildman–Crippen MR) is 113 cm³/mol. The molecule has 0 spiro atoms. The largest absolute Gasteiger partial charge is 0.378 e. The Morgan fingerprint density at radius 3 is 2.10 bits per heavy atom. The molecule has 1 aromatic heterocycles. The van der Waals surface area contributed by atoms with Crippen LogP contribution in [-0.4, -0.2) is 46.1 Å². The minimum Gasteiger partial charge on any atom is -0.378 e. The van der Waals surface area contributed by atoms with Crippen molar-refractivity contribution in [2.24, 2.45) is 0 Å². The second-order valence-corrected chi connectivity index (χ2v) is 7.39. The Kier molecular flexibility index (Phi) is 5.42. The highest BCUT2D eigenvalue weighted by Crippen LogP contribution is 2.34. The maximum Gasteiger partial charge on any atom is 0.348 e. The number of anilines is 3. The molecule has 0 aliphatic carbocycles. The van der Waals surface area contributed by atoms with Crippen molar-refractivity contribution >= 4 is 55.7 Å². The SMILES string of the molecule is O=[N+]([O-])c1cc2nc(Nc3ccc(Br)cc3)c(N3CCOCC3)nc2cc1[N+](=O)[O-]. The molecule has 1 saturated heterocycles. The second-order valence-electron chi connectivity index (χ2n) is 6.47. The molecule has 0 saturated carbocycles. The molecule has 4 rings (SSSR count).